The van der Waals surface area contributed by atoms with Gasteiger partial charge in [0, 0.05) is 16.0 Å². The van der Waals surface area contributed by atoms with E-state index in [0.717, 1.165) is 5.75 Å². The molecule has 0 saturated heterocycles. The van der Waals surface area contributed by atoms with Crippen LogP contribution in [-0.4, -0.2) is 30.7 Å². The molecule has 0 spiro atoms. The molecule has 0 amide bonds. The molecular formula is C13H22O2S2. The second-order valence-corrected chi connectivity index (χ2v) is 6.33. The van der Waals surface area contributed by atoms with Crippen LogP contribution in [0.2, 0.25) is 0 Å². The van der Waals surface area contributed by atoms with Crippen molar-refractivity contribution in [3.8, 4) is 0 Å². The summed E-state index contributed by atoms with van der Waals surface area (Å²) in [6.45, 7) is 8.92. The van der Waals surface area contributed by atoms with Crippen molar-refractivity contribution in [2.75, 3.05) is 12.4 Å². The number of thiophene rings is 1. The third kappa shape index (κ3) is 7.09. The molecule has 0 aliphatic rings. The summed E-state index contributed by atoms with van der Waals surface area (Å²) >= 11 is 3.56. The van der Waals surface area contributed by atoms with Crippen LogP contribution in [0.15, 0.2) is 21.7 Å². The molecule has 0 saturated carbocycles. The van der Waals surface area contributed by atoms with Crippen LogP contribution in [0.25, 0.3) is 0 Å². The van der Waals surface area contributed by atoms with Gasteiger partial charge in [-0.1, -0.05) is 0 Å². The smallest absolute Gasteiger partial charge is 0.0905 e. The van der Waals surface area contributed by atoms with Crippen LogP contribution in [-0.2, 0) is 9.47 Å². The highest BCUT2D eigenvalue weighted by Crippen LogP contribution is 2.22. The molecule has 0 aliphatic heterocycles. The summed E-state index contributed by atoms with van der Waals surface area (Å²) in [5.74, 6) is 0.946. The van der Waals surface area contributed by atoms with Crippen molar-refractivity contribution in [3.63, 3.8) is 0 Å². The maximum atomic E-state index is 5.86. The molecule has 1 heterocycles. The summed E-state index contributed by atoms with van der Waals surface area (Å²) in [4.78, 5) is 1.32. The standard InChI is InChI=1S/C13H22O2S2/c1-10(2)14-7-12(15-11(3)4)8-17-13-5-6-16-9-13/h5-6,9-12H,7-8H2,1-4H3. The normalized spacial score (nSPS) is 13.5. The van der Waals surface area contributed by atoms with Gasteiger partial charge in [-0.2, -0.15) is 11.3 Å². The molecule has 1 aromatic heterocycles. The molecule has 0 fully saturated rings. The van der Waals surface area contributed by atoms with Gasteiger partial charge < -0.3 is 9.47 Å². The molecule has 0 N–H and O–H groups in total. The van der Waals surface area contributed by atoms with Crippen LogP contribution in [0.3, 0.4) is 0 Å². The summed E-state index contributed by atoms with van der Waals surface area (Å²) < 4.78 is 11.5. The quantitative estimate of drug-likeness (QED) is 0.666. The first-order valence-electron chi connectivity index (χ1n) is 6.00. The fraction of sp³-hybridized carbons (Fsp3) is 0.692. The summed E-state index contributed by atoms with van der Waals surface area (Å²) in [6.07, 6.45) is 0.681. The minimum atomic E-state index is 0.169. The molecule has 1 atom stereocenters. The third-order valence-corrected chi connectivity index (χ3v) is 3.97. The molecule has 2 nitrogen and oxygen atoms in total. The Balaban J connectivity index is 2.34. The molecule has 0 aromatic carbocycles. The minimum absolute atomic E-state index is 0.169. The average molecular weight is 274 g/mol. The number of hydrogen-bond acceptors (Lipinski definition) is 4. The monoisotopic (exact) mass is 274 g/mol. The van der Waals surface area contributed by atoms with Crippen molar-refractivity contribution >= 4 is 23.1 Å². The number of thioether (sulfide) groups is 1. The lowest BCUT2D eigenvalue weighted by Gasteiger charge is -2.21. The summed E-state index contributed by atoms with van der Waals surface area (Å²) in [6, 6.07) is 2.14. The first-order chi connectivity index (χ1) is 8.08. The van der Waals surface area contributed by atoms with Crippen molar-refractivity contribution in [2.45, 2.75) is 50.9 Å². The van der Waals surface area contributed by atoms with E-state index in [1.165, 1.54) is 4.90 Å². The van der Waals surface area contributed by atoms with Crippen LogP contribution < -0.4 is 0 Å². The Hall–Kier alpha value is -0.0300. The van der Waals surface area contributed by atoms with Gasteiger partial charge in [0.1, 0.15) is 0 Å². The van der Waals surface area contributed by atoms with E-state index in [-0.39, 0.29) is 18.3 Å². The van der Waals surface area contributed by atoms with Gasteiger partial charge in [0.05, 0.1) is 24.9 Å². The van der Waals surface area contributed by atoms with Gasteiger partial charge in [-0.05, 0) is 39.1 Å². The molecule has 0 radical (unpaired) electrons. The van der Waals surface area contributed by atoms with E-state index >= 15 is 0 Å². The predicted octanol–water partition coefficient (Wildman–Crippen LogP) is 4.06. The lowest BCUT2D eigenvalue weighted by molar-refractivity contribution is -0.0472. The van der Waals surface area contributed by atoms with Crippen molar-refractivity contribution in [3.05, 3.63) is 16.8 Å². The van der Waals surface area contributed by atoms with Gasteiger partial charge in [0.15, 0.2) is 0 Å². The Morgan fingerprint density at radius 2 is 2.00 bits per heavy atom. The third-order valence-electron chi connectivity index (χ3n) is 2.01. The maximum Gasteiger partial charge on any atom is 0.0905 e. The predicted molar refractivity (Wildman–Crippen MR) is 76.1 cm³/mol. The minimum Gasteiger partial charge on any atom is -0.376 e. The SMILES string of the molecule is CC(C)OCC(CSc1ccsc1)OC(C)C. The van der Waals surface area contributed by atoms with Gasteiger partial charge >= 0.3 is 0 Å². The highest BCUT2D eigenvalue weighted by Gasteiger charge is 2.13. The van der Waals surface area contributed by atoms with Crippen molar-refractivity contribution < 1.29 is 9.47 Å². The second kappa shape index (κ2) is 8.14. The summed E-state index contributed by atoms with van der Waals surface area (Å²) in [5.41, 5.74) is 0. The molecule has 0 aliphatic carbocycles. The molecule has 1 aromatic rings. The molecule has 17 heavy (non-hydrogen) atoms. The van der Waals surface area contributed by atoms with Crippen LogP contribution >= 0.6 is 23.1 Å². The summed E-state index contributed by atoms with van der Waals surface area (Å²) in [5, 5.41) is 4.27. The molecule has 0 bridgehead atoms. The Kier molecular flexibility index (Phi) is 7.19. The lowest BCUT2D eigenvalue weighted by atomic mass is 10.4. The Morgan fingerprint density at radius 1 is 1.24 bits per heavy atom. The first-order valence-corrected chi connectivity index (χ1v) is 7.92. The zero-order valence-electron chi connectivity index (χ0n) is 11.0. The number of hydrogen-bond donors (Lipinski definition) is 0. The van der Waals surface area contributed by atoms with Crippen molar-refractivity contribution in [1.29, 1.82) is 0 Å². The van der Waals surface area contributed by atoms with Gasteiger partial charge in [-0.15, -0.1) is 11.8 Å². The first kappa shape index (κ1) is 15.0. The van der Waals surface area contributed by atoms with Crippen LogP contribution in [0.1, 0.15) is 27.7 Å². The van der Waals surface area contributed by atoms with E-state index in [4.69, 9.17) is 9.47 Å². The molecule has 4 heteroatoms. The number of rotatable bonds is 8. The molecule has 1 unspecified atom stereocenters. The second-order valence-electron chi connectivity index (χ2n) is 4.46. The Morgan fingerprint density at radius 3 is 2.53 bits per heavy atom. The van der Waals surface area contributed by atoms with E-state index in [1.54, 1.807) is 11.3 Å². The summed E-state index contributed by atoms with van der Waals surface area (Å²) in [7, 11) is 0. The van der Waals surface area contributed by atoms with Crippen LogP contribution in [0, 0.1) is 0 Å². The highest BCUT2D eigenvalue weighted by molar-refractivity contribution is 7.99. The molecule has 1 rings (SSSR count). The maximum absolute atomic E-state index is 5.86. The molecular weight excluding hydrogens is 252 g/mol. The largest absolute Gasteiger partial charge is 0.376 e. The fourth-order valence-electron chi connectivity index (χ4n) is 1.33. The van der Waals surface area contributed by atoms with Gasteiger partial charge in [-0.25, -0.2) is 0 Å². The van der Waals surface area contributed by atoms with E-state index in [9.17, 15) is 0 Å². The van der Waals surface area contributed by atoms with Gasteiger partial charge in [0.2, 0.25) is 0 Å². The topological polar surface area (TPSA) is 18.5 Å². The van der Waals surface area contributed by atoms with E-state index in [0.29, 0.717) is 6.61 Å². The highest BCUT2D eigenvalue weighted by atomic mass is 32.2. The van der Waals surface area contributed by atoms with Crippen molar-refractivity contribution in [2.24, 2.45) is 0 Å². The van der Waals surface area contributed by atoms with Crippen LogP contribution in [0.4, 0.5) is 0 Å². The van der Waals surface area contributed by atoms with Gasteiger partial charge in [0.25, 0.3) is 0 Å². The Bertz CT molecular complexity index is 284. The Labute approximate surface area is 113 Å². The number of ether oxygens (including phenoxy) is 2. The van der Waals surface area contributed by atoms with Crippen LogP contribution in [0.5, 0.6) is 0 Å². The zero-order valence-corrected chi connectivity index (χ0v) is 12.6. The van der Waals surface area contributed by atoms with E-state index in [2.05, 4.69) is 44.5 Å². The molecule has 98 valence electrons. The van der Waals surface area contributed by atoms with Crippen molar-refractivity contribution in [1.82, 2.24) is 0 Å². The fourth-order valence-corrected chi connectivity index (χ4v) is 3.09. The average Bonchev–Trinajstić information content (AvgIpc) is 2.74. The lowest BCUT2D eigenvalue weighted by Crippen LogP contribution is -2.27. The zero-order chi connectivity index (χ0) is 12.7. The van der Waals surface area contributed by atoms with E-state index < -0.39 is 0 Å². The van der Waals surface area contributed by atoms with E-state index in [1.807, 2.05) is 11.8 Å². The van der Waals surface area contributed by atoms with Gasteiger partial charge in [-0.3, -0.25) is 0 Å².